The fourth-order valence-corrected chi connectivity index (χ4v) is 3.90. The standard InChI is InChI=1S/C25H22ClN3O3/c1-16-6-5-8-18(14-16)24(30)27-22-23(17-10-12-20(26)13-11-17)29(28-25(22)31)15-19-7-3-4-9-21(19)32-2/h3-15,22-23H,1-2H3,(H-,27,28,30,31)/p+1/b29-15-/t22-,23-/m1/s1. The summed E-state index contributed by atoms with van der Waals surface area (Å²) in [5.41, 5.74) is 5.96. The highest BCUT2D eigenvalue weighted by Crippen LogP contribution is 2.27. The monoisotopic (exact) mass is 448 g/mol. The van der Waals surface area contributed by atoms with Gasteiger partial charge in [0.25, 0.3) is 5.91 Å². The van der Waals surface area contributed by atoms with E-state index >= 15 is 0 Å². The number of ether oxygens (including phenoxy) is 1. The maximum atomic E-state index is 13.0. The second kappa shape index (κ2) is 9.24. The Bertz CT molecular complexity index is 1190. The lowest BCUT2D eigenvalue weighted by atomic mass is 9.99. The Hall–Kier alpha value is -3.64. The van der Waals surface area contributed by atoms with Crippen molar-refractivity contribution in [3.05, 3.63) is 100 Å². The average Bonchev–Trinajstić information content (AvgIpc) is 3.09. The van der Waals surface area contributed by atoms with Gasteiger partial charge in [-0.05, 0) is 43.3 Å². The summed E-state index contributed by atoms with van der Waals surface area (Å²) in [5.74, 6) is 0.0490. The topological polar surface area (TPSA) is 70.4 Å². The number of hydrazine groups is 1. The number of amides is 2. The summed E-state index contributed by atoms with van der Waals surface area (Å²) in [6.45, 7) is 1.92. The average molecular weight is 449 g/mol. The maximum absolute atomic E-state index is 13.0. The van der Waals surface area contributed by atoms with Crippen molar-refractivity contribution in [1.29, 1.82) is 0 Å². The Labute approximate surface area is 191 Å². The molecule has 162 valence electrons. The van der Waals surface area contributed by atoms with Gasteiger partial charge in [-0.25, -0.2) is 0 Å². The number of nitrogens with zero attached hydrogens (tertiary/aromatic N) is 1. The minimum absolute atomic E-state index is 0.308. The van der Waals surface area contributed by atoms with Gasteiger partial charge < -0.3 is 10.1 Å². The largest absolute Gasteiger partial charge is 0.496 e. The summed E-state index contributed by atoms with van der Waals surface area (Å²) in [7, 11) is 1.59. The number of rotatable bonds is 5. The summed E-state index contributed by atoms with van der Waals surface area (Å²) in [6, 6.07) is 20.7. The molecule has 7 heteroatoms. The molecular weight excluding hydrogens is 426 g/mol. The lowest BCUT2D eigenvalue weighted by Gasteiger charge is -2.15. The van der Waals surface area contributed by atoms with E-state index in [9.17, 15) is 9.59 Å². The molecule has 2 N–H and O–H groups in total. The van der Waals surface area contributed by atoms with Gasteiger partial charge in [-0.1, -0.05) is 53.6 Å². The van der Waals surface area contributed by atoms with Crippen LogP contribution in [-0.2, 0) is 4.79 Å². The van der Waals surface area contributed by atoms with Gasteiger partial charge in [0.1, 0.15) is 5.75 Å². The van der Waals surface area contributed by atoms with Crippen molar-refractivity contribution < 1.29 is 19.0 Å². The number of para-hydroxylation sites is 1. The minimum Gasteiger partial charge on any atom is -0.496 e. The second-order valence-electron chi connectivity index (χ2n) is 7.57. The Morgan fingerprint density at radius 3 is 2.56 bits per heavy atom. The lowest BCUT2D eigenvalue weighted by Crippen LogP contribution is -2.42. The molecule has 6 nitrogen and oxygen atoms in total. The molecule has 1 aliphatic rings. The smallest absolute Gasteiger partial charge is 0.304 e. The van der Waals surface area contributed by atoms with Gasteiger partial charge in [0.15, 0.2) is 6.04 Å². The van der Waals surface area contributed by atoms with Crippen molar-refractivity contribution in [3.63, 3.8) is 0 Å². The third-order valence-corrected chi connectivity index (χ3v) is 5.58. The first-order valence-electron chi connectivity index (χ1n) is 10.2. The first-order valence-corrected chi connectivity index (χ1v) is 10.5. The zero-order valence-electron chi connectivity index (χ0n) is 17.7. The molecule has 0 radical (unpaired) electrons. The van der Waals surface area contributed by atoms with Crippen LogP contribution in [0.15, 0.2) is 72.8 Å². The Kier molecular flexibility index (Phi) is 6.23. The molecule has 0 unspecified atom stereocenters. The summed E-state index contributed by atoms with van der Waals surface area (Å²) in [4.78, 5) is 25.9. The van der Waals surface area contributed by atoms with E-state index in [4.69, 9.17) is 16.3 Å². The molecule has 1 aliphatic heterocycles. The van der Waals surface area contributed by atoms with Crippen LogP contribution < -0.4 is 15.5 Å². The van der Waals surface area contributed by atoms with E-state index in [1.54, 1.807) is 42.3 Å². The van der Waals surface area contributed by atoms with Gasteiger partial charge in [-0.2, -0.15) is 0 Å². The molecule has 1 fully saturated rings. The van der Waals surface area contributed by atoms with E-state index in [0.29, 0.717) is 16.3 Å². The normalized spacial score (nSPS) is 19.0. The maximum Gasteiger partial charge on any atom is 0.304 e. The van der Waals surface area contributed by atoms with E-state index in [1.807, 2.05) is 55.5 Å². The lowest BCUT2D eigenvalue weighted by molar-refractivity contribution is -0.596. The van der Waals surface area contributed by atoms with E-state index < -0.39 is 12.1 Å². The van der Waals surface area contributed by atoms with Crippen molar-refractivity contribution >= 4 is 29.6 Å². The number of carbonyl (C=O) groups excluding carboxylic acids is 2. The number of nitrogens with one attached hydrogen (secondary N) is 2. The fraction of sp³-hybridized carbons (Fsp3) is 0.160. The van der Waals surface area contributed by atoms with Crippen LogP contribution in [-0.4, -0.2) is 35.9 Å². The SMILES string of the molecule is COc1ccccc1/C=[N+]1\NC(=O)[C@H](NC(=O)c2cccc(C)c2)[C@H]1c1ccc(Cl)cc1. The number of aryl methyl sites for hydroxylation is 1. The molecule has 2 atom stereocenters. The van der Waals surface area contributed by atoms with Crippen LogP contribution in [0.25, 0.3) is 0 Å². The molecule has 0 bridgehead atoms. The zero-order chi connectivity index (χ0) is 22.7. The van der Waals surface area contributed by atoms with Crippen molar-refractivity contribution in [2.24, 2.45) is 0 Å². The van der Waals surface area contributed by atoms with Gasteiger partial charge in [0.05, 0.1) is 12.7 Å². The van der Waals surface area contributed by atoms with Crippen LogP contribution in [0.4, 0.5) is 0 Å². The molecule has 1 saturated heterocycles. The highest BCUT2D eigenvalue weighted by molar-refractivity contribution is 6.30. The summed E-state index contributed by atoms with van der Waals surface area (Å²) < 4.78 is 7.14. The van der Waals surface area contributed by atoms with Crippen molar-refractivity contribution in [1.82, 2.24) is 10.7 Å². The Morgan fingerprint density at radius 2 is 1.84 bits per heavy atom. The van der Waals surface area contributed by atoms with Crippen molar-refractivity contribution in [2.75, 3.05) is 7.11 Å². The van der Waals surface area contributed by atoms with Crippen LogP contribution in [0, 0.1) is 6.92 Å². The van der Waals surface area contributed by atoms with E-state index in [-0.39, 0.29) is 11.8 Å². The highest BCUT2D eigenvalue weighted by atomic mass is 35.5. The number of benzene rings is 3. The molecular formula is C25H23ClN3O3+. The van der Waals surface area contributed by atoms with Gasteiger partial charge in [0, 0.05) is 16.1 Å². The number of methoxy groups -OCH3 is 1. The van der Waals surface area contributed by atoms with E-state index in [2.05, 4.69) is 10.7 Å². The predicted molar refractivity (Wildman–Crippen MR) is 123 cm³/mol. The molecule has 3 aromatic rings. The van der Waals surface area contributed by atoms with E-state index in [1.165, 1.54) is 0 Å². The highest BCUT2D eigenvalue weighted by Gasteiger charge is 2.47. The van der Waals surface area contributed by atoms with Crippen LogP contribution in [0.1, 0.15) is 33.1 Å². The zero-order valence-corrected chi connectivity index (χ0v) is 18.5. The van der Waals surface area contributed by atoms with Crippen LogP contribution in [0.2, 0.25) is 5.02 Å². The van der Waals surface area contributed by atoms with Crippen LogP contribution >= 0.6 is 11.6 Å². The third-order valence-electron chi connectivity index (χ3n) is 5.33. The number of carbonyl (C=O) groups is 2. The molecule has 32 heavy (non-hydrogen) atoms. The molecule has 2 amide bonds. The first-order chi connectivity index (χ1) is 15.5. The fourth-order valence-electron chi connectivity index (χ4n) is 3.77. The molecule has 0 saturated carbocycles. The number of halogens is 1. The van der Waals surface area contributed by atoms with E-state index in [0.717, 1.165) is 16.7 Å². The minimum atomic E-state index is -0.810. The predicted octanol–water partition coefficient (Wildman–Crippen LogP) is 3.67. The molecule has 4 rings (SSSR count). The molecule has 0 aliphatic carbocycles. The molecule has 1 heterocycles. The van der Waals surface area contributed by atoms with Crippen molar-refractivity contribution in [3.8, 4) is 5.75 Å². The van der Waals surface area contributed by atoms with Crippen LogP contribution in [0.5, 0.6) is 5.75 Å². The van der Waals surface area contributed by atoms with Crippen molar-refractivity contribution in [2.45, 2.75) is 19.0 Å². The van der Waals surface area contributed by atoms with Gasteiger partial charge in [-0.3, -0.25) is 9.59 Å². The van der Waals surface area contributed by atoms with Gasteiger partial charge in [-0.15, -0.1) is 10.1 Å². The second-order valence-corrected chi connectivity index (χ2v) is 8.01. The number of hydrazone groups is 1. The van der Waals surface area contributed by atoms with Gasteiger partial charge >= 0.3 is 5.91 Å². The molecule has 0 spiro atoms. The quantitative estimate of drug-likeness (QED) is 0.585. The number of hydrogen-bond donors (Lipinski definition) is 2. The number of hydrogen-bond acceptors (Lipinski definition) is 3. The summed E-state index contributed by atoms with van der Waals surface area (Å²) >= 11 is 6.08. The van der Waals surface area contributed by atoms with Gasteiger partial charge in [0.2, 0.25) is 12.3 Å². The Morgan fingerprint density at radius 1 is 1.09 bits per heavy atom. The third kappa shape index (κ3) is 4.50. The molecule has 0 aromatic heterocycles. The molecule has 3 aromatic carbocycles. The Balaban J connectivity index is 1.73. The van der Waals surface area contributed by atoms with Crippen LogP contribution in [0.3, 0.4) is 0 Å². The first kappa shape index (κ1) is 21.6. The summed E-state index contributed by atoms with van der Waals surface area (Å²) in [5, 5.41) is 3.49. The summed E-state index contributed by atoms with van der Waals surface area (Å²) in [6.07, 6.45) is 1.80.